The van der Waals surface area contributed by atoms with Crippen molar-refractivity contribution in [2.24, 2.45) is 0 Å². The van der Waals surface area contributed by atoms with E-state index < -0.39 is 0 Å². The van der Waals surface area contributed by atoms with Gasteiger partial charge in [-0.25, -0.2) is 0 Å². The van der Waals surface area contributed by atoms with Crippen LogP contribution in [0.5, 0.6) is 0 Å². The summed E-state index contributed by atoms with van der Waals surface area (Å²) in [6.07, 6.45) is 6.56. The molecule has 0 bridgehead atoms. The highest BCUT2D eigenvalue weighted by Crippen LogP contribution is 2.19. The predicted octanol–water partition coefficient (Wildman–Crippen LogP) is 2.17. The summed E-state index contributed by atoms with van der Waals surface area (Å²) in [5, 5.41) is 2.78. The van der Waals surface area contributed by atoms with Gasteiger partial charge in [-0.2, -0.15) is 0 Å². The van der Waals surface area contributed by atoms with Gasteiger partial charge in [0, 0.05) is 23.1 Å². The molecule has 0 saturated carbocycles. The number of rotatable bonds is 4. The number of carbonyl (C=O) groups is 1. The van der Waals surface area contributed by atoms with Crippen molar-refractivity contribution < 1.29 is 4.79 Å². The van der Waals surface area contributed by atoms with Crippen LogP contribution in [0.4, 0.5) is 5.69 Å². The molecule has 16 heavy (non-hydrogen) atoms. The minimum Gasteiger partial charge on any atom is -0.399 e. The number of unbranched alkanes of at least 4 members (excludes halogenated alkanes) is 1. The van der Waals surface area contributed by atoms with Crippen LogP contribution in [-0.2, 0) is 0 Å². The summed E-state index contributed by atoms with van der Waals surface area (Å²) in [5.41, 5.74) is 6.72. The highest BCUT2D eigenvalue weighted by Gasteiger charge is 2.09. The molecule has 0 saturated heterocycles. The first-order chi connectivity index (χ1) is 7.65. The number of nitrogen functional groups attached to an aromatic ring is 1. The third-order valence-electron chi connectivity index (χ3n) is 2.02. The largest absolute Gasteiger partial charge is 0.399 e. The van der Waals surface area contributed by atoms with Gasteiger partial charge in [0.2, 0.25) is 0 Å². The van der Waals surface area contributed by atoms with Crippen LogP contribution >= 0.6 is 15.9 Å². The molecule has 4 heteroatoms. The van der Waals surface area contributed by atoms with Crippen molar-refractivity contribution in [2.75, 3.05) is 12.3 Å². The van der Waals surface area contributed by atoms with Gasteiger partial charge in [-0.15, -0.1) is 12.3 Å². The molecule has 0 aliphatic heterocycles. The van der Waals surface area contributed by atoms with E-state index in [-0.39, 0.29) is 5.91 Å². The molecule has 0 radical (unpaired) electrons. The fourth-order valence-corrected chi connectivity index (χ4v) is 1.63. The molecule has 84 valence electrons. The van der Waals surface area contributed by atoms with E-state index in [1.54, 1.807) is 18.2 Å². The zero-order valence-corrected chi connectivity index (χ0v) is 10.4. The normalized spacial score (nSPS) is 9.50. The van der Waals surface area contributed by atoms with Gasteiger partial charge in [0.25, 0.3) is 5.91 Å². The number of nitrogens with two attached hydrogens (primary N) is 1. The lowest BCUT2D eigenvalue weighted by Gasteiger charge is -2.06. The molecule has 0 spiro atoms. The second-order valence-electron chi connectivity index (χ2n) is 3.30. The first kappa shape index (κ1) is 12.6. The third kappa shape index (κ3) is 3.59. The summed E-state index contributed by atoms with van der Waals surface area (Å²) in [7, 11) is 0. The summed E-state index contributed by atoms with van der Waals surface area (Å²) in [6.45, 7) is 0.574. The van der Waals surface area contributed by atoms with E-state index in [1.165, 1.54) is 0 Å². The number of terminal acetylenes is 1. The van der Waals surface area contributed by atoms with Gasteiger partial charge in [0.05, 0.1) is 5.56 Å². The van der Waals surface area contributed by atoms with E-state index in [9.17, 15) is 4.79 Å². The predicted molar refractivity (Wildman–Crippen MR) is 69.0 cm³/mol. The summed E-state index contributed by atoms with van der Waals surface area (Å²) < 4.78 is 0.733. The molecule has 1 rings (SSSR count). The number of halogens is 1. The maximum absolute atomic E-state index is 11.7. The standard InChI is InChI=1S/C12H13BrN2O/c1-2-3-4-7-15-12(16)10-8-9(14)5-6-11(10)13/h1,5-6,8H,3-4,7,14H2,(H,15,16). The Kier molecular flexibility index (Phi) is 4.87. The summed E-state index contributed by atoms with van der Waals surface area (Å²) in [4.78, 5) is 11.7. The van der Waals surface area contributed by atoms with Crippen molar-refractivity contribution in [1.82, 2.24) is 5.32 Å². The number of nitrogens with one attached hydrogen (secondary N) is 1. The zero-order chi connectivity index (χ0) is 12.0. The smallest absolute Gasteiger partial charge is 0.252 e. The quantitative estimate of drug-likeness (QED) is 0.505. The van der Waals surface area contributed by atoms with Crippen LogP contribution in [0.15, 0.2) is 22.7 Å². The van der Waals surface area contributed by atoms with Crippen molar-refractivity contribution in [2.45, 2.75) is 12.8 Å². The minimum absolute atomic E-state index is 0.142. The lowest BCUT2D eigenvalue weighted by molar-refractivity contribution is 0.0952. The van der Waals surface area contributed by atoms with Crippen molar-refractivity contribution >= 4 is 27.5 Å². The SMILES string of the molecule is C#CCCCNC(=O)c1cc(N)ccc1Br. The Morgan fingerprint density at radius 1 is 1.56 bits per heavy atom. The number of benzene rings is 1. The molecular weight excluding hydrogens is 268 g/mol. The van der Waals surface area contributed by atoms with Crippen LogP contribution in [0.3, 0.4) is 0 Å². The molecule has 0 aliphatic carbocycles. The lowest BCUT2D eigenvalue weighted by atomic mass is 10.2. The van der Waals surface area contributed by atoms with Crippen molar-refractivity contribution in [3.05, 3.63) is 28.2 Å². The molecule has 1 amide bonds. The Morgan fingerprint density at radius 2 is 2.31 bits per heavy atom. The fraction of sp³-hybridized carbons (Fsp3) is 0.250. The Bertz CT molecular complexity index is 424. The molecule has 0 atom stereocenters. The molecule has 3 nitrogen and oxygen atoms in total. The van der Waals surface area contributed by atoms with Crippen LogP contribution in [0.25, 0.3) is 0 Å². The van der Waals surface area contributed by atoms with E-state index in [2.05, 4.69) is 27.2 Å². The van der Waals surface area contributed by atoms with E-state index in [1.807, 2.05) is 0 Å². The van der Waals surface area contributed by atoms with Gasteiger partial charge >= 0.3 is 0 Å². The van der Waals surface area contributed by atoms with Crippen LogP contribution in [0.1, 0.15) is 23.2 Å². The Morgan fingerprint density at radius 3 is 3.00 bits per heavy atom. The van der Waals surface area contributed by atoms with Gasteiger partial charge in [-0.3, -0.25) is 4.79 Å². The van der Waals surface area contributed by atoms with Crippen molar-refractivity contribution in [3.8, 4) is 12.3 Å². The molecule has 0 aliphatic rings. The van der Waals surface area contributed by atoms with Gasteiger partial charge in [-0.05, 0) is 40.5 Å². The highest BCUT2D eigenvalue weighted by atomic mass is 79.9. The number of amides is 1. The minimum atomic E-state index is -0.142. The van der Waals surface area contributed by atoms with Crippen LogP contribution in [-0.4, -0.2) is 12.5 Å². The molecule has 1 aromatic carbocycles. The molecule has 1 aromatic rings. The van der Waals surface area contributed by atoms with Crippen LogP contribution in [0, 0.1) is 12.3 Å². The molecular formula is C12H13BrN2O. The zero-order valence-electron chi connectivity index (χ0n) is 8.79. The number of anilines is 1. The summed E-state index contributed by atoms with van der Waals surface area (Å²) >= 11 is 3.30. The van der Waals surface area contributed by atoms with E-state index >= 15 is 0 Å². The van der Waals surface area contributed by atoms with Gasteiger partial charge < -0.3 is 11.1 Å². The van der Waals surface area contributed by atoms with Gasteiger partial charge in [0.15, 0.2) is 0 Å². The van der Waals surface area contributed by atoms with E-state index in [0.29, 0.717) is 24.2 Å². The fourth-order valence-electron chi connectivity index (χ4n) is 1.20. The highest BCUT2D eigenvalue weighted by molar-refractivity contribution is 9.10. The maximum atomic E-state index is 11.7. The first-order valence-electron chi connectivity index (χ1n) is 4.92. The first-order valence-corrected chi connectivity index (χ1v) is 5.71. The summed E-state index contributed by atoms with van der Waals surface area (Å²) in [6, 6.07) is 5.13. The molecule has 0 heterocycles. The monoisotopic (exact) mass is 280 g/mol. The second kappa shape index (κ2) is 6.19. The second-order valence-corrected chi connectivity index (χ2v) is 4.16. The van der Waals surface area contributed by atoms with Crippen molar-refractivity contribution in [3.63, 3.8) is 0 Å². The van der Waals surface area contributed by atoms with Crippen LogP contribution in [0.2, 0.25) is 0 Å². The van der Waals surface area contributed by atoms with Gasteiger partial charge in [0.1, 0.15) is 0 Å². The number of hydrogen-bond acceptors (Lipinski definition) is 2. The average Bonchev–Trinajstić information content (AvgIpc) is 2.27. The number of carbonyl (C=O) groups excluding carboxylic acids is 1. The van der Waals surface area contributed by atoms with E-state index in [0.717, 1.165) is 10.9 Å². The van der Waals surface area contributed by atoms with E-state index in [4.69, 9.17) is 12.2 Å². The third-order valence-corrected chi connectivity index (χ3v) is 2.71. The topological polar surface area (TPSA) is 55.1 Å². The Hall–Kier alpha value is -1.47. The number of hydrogen-bond donors (Lipinski definition) is 2. The molecule has 3 N–H and O–H groups in total. The lowest BCUT2D eigenvalue weighted by Crippen LogP contribution is -2.24. The van der Waals surface area contributed by atoms with Crippen LogP contribution < -0.4 is 11.1 Å². The summed E-state index contributed by atoms with van der Waals surface area (Å²) in [5.74, 6) is 2.38. The van der Waals surface area contributed by atoms with Crippen molar-refractivity contribution in [1.29, 1.82) is 0 Å². The molecule has 0 aromatic heterocycles. The Balaban J connectivity index is 2.59. The van der Waals surface area contributed by atoms with Gasteiger partial charge in [-0.1, -0.05) is 0 Å². The maximum Gasteiger partial charge on any atom is 0.252 e. The molecule has 0 fully saturated rings. The average molecular weight is 281 g/mol. The Labute approximate surface area is 104 Å². The molecule has 0 unspecified atom stereocenters.